The zero-order valence-electron chi connectivity index (χ0n) is 16.2. The van der Waals surface area contributed by atoms with Gasteiger partial charge in [0.2, 0.25) is 10.0 Å². The first-order valence-corrected chi connectivity index (χ1v) is 10.3. The Morgan fingerprint density at radius 3 is 2.38 bits per heavy atom. The Labute approximate surface area is 169 Å². The van der Waals surface area contributed by atoms with Crippen LogP contribution in [0.3, 0.4) is 0 Å². The highest BCUT2D eigenvalue weighted by Crippen LogP contribution is 2.28. The van der Waals surface area contributed by atoms with E-state index in [4.69, 9.17) is 24.1 Å². The third-order valence-electron chi connectivity index (χ3n) is 3.65. The highest BCUT2D eigenvalue weighted by Gasteiger charge is 2.07. The summed E-state index contributed by atoms with van der Waals surface area (Å²) in [6, 6.07) is 10.9. The summed E-state index contributed by atoms with van der Waals surface area (Å²) in [5.74, 6) is 1.12. The normalized spacial score (nSPS) is 11.3. The molecule has 156 valence electrons. The number of carbonyl (C=O) groups is 1. The zero-order valence-corrected chi connectivity index (χ0v) is 17.0. The molecule has 0 radical (unpaired) electrons. The third-order valence-corrected chi connectivity index (χ3v) is 4.58. The van der Waals surface area contributed by atoms with E-state index >= 15 is 0 Å². The summed E-state index contributed by atoms with van der Waals surface area (Å²) < 4.78 is 43.5. The molecule has 0 heterocycles. The second kappa shape index (κ2) is 10.5. The van der Waals surface area contributed by atoms with Crippen molar-refractivity contribution in [1.29, 1.82) is 0 Å². The van der Waals surface area contributed by atoms with Gasteiger partial charge in [0.05, 0.1) is 18.6 Å². The number of ether oxygens (including phenoxy) is 4. The molecule has 8 nitrogen and oxygen atoms in total. The Morgan fingerprint density at radius 1 is 1.03 bits per heavy atom. The number of rotatable bonds is 10. The lowest BCUT2D eigenvalue weighted by atomic mass is 10.2. The first kappa shape index (κ1) is 22.3. The maximum Gasteiger partial charge on any atom is 0.330 e. The molecule has 9 heteroatoms. The van der Waals surface area contributed by atoms with Crippen LogP contribution in [-0.4, -0.2) is 41.3 Å². The Bertz CT molecular complexity index is 953. The number of nitrogens with two attached hydrogens (primary N) is 1. The van der Waals surface area contributed by atoms with E-state index in [0.29, 0.717) is 23.9 Å². The van der Waals surface area contributed by atoms with Gasteiger partial charge < -0.3 is 18.9 Å². The van der Waals surface area contributed by atoms with Crippen LogP contribution in [-0.2, 0) is 19.6 Å². The van der Waals surface area contributed by atoms with Crippen molar-refractivity contribution in [3.63, 3.8) is 0 Å². The quantitative estimate of drug-likeness (QED) is 0.356. The van der Waals surface area contributed by atoms with Crippen molar-refractivity contribution in [2.24, 2.45) is 5.14 Å². The van der Waals surface area contributed by atoms with E-state index in [2.05, 4.69) is 0 Å². The van der Waals surface area contributed by atoms with E-state index in [1.165, 1.54) is 30.3 Å². The van der Waals surface area contributed by atoms with Crippen LogP contribution in [0.15, 0.2) is 53.4 Å². The lowest BCUT2D eigenvalue weighted by Gasteiger charge is -2.09. The monoisotopic (exact) mass is 421 g/mol. The standard InChI is InChI=1S/C20H23NO7S/c1-3-26-18-10-4-15(14-19(18)25-2)5-11-20(22)28-13-12-27-16-6-8-17(9-7-16)29(21,23)24/h4-11,14H,3,12-13H2,1-2H3,(H2,21,23,24)/b11-5+. The molecule has 2 rings (SSSR count). The Hall–Kier alpha value is -3.04. The van der Waals surface area contributed by atoms with Crippen LogP contribution in [0, 0.1) is 0 Å². The minimum atomic E-state index is -3.74. The van der Waals surface area contributed by atoms with Crippen LogP contribution in [0.4, 0.5) is 0 Å². The lowest BCUT2D eigenvalue weighted by Crippen LogP contribution is -2.12. The van der Waals surface area contributed by atoms with Crippen molar-refractivity contribution in [2.75, 3.05) is 26.9 Å². The molecule has 0 saturated carbocycles. The number of sulfonamides is 1. The zero-order chi connectivity index (χ0) is 21.3. The number of primary sulfonamides is 1. The number of carbonyl (C=O) groups excluding carboxylic acids is 1. The molecular formula is C20H23NO7S. The average molecular weight is 421 g/mol. The minimum Gasteiger partial charge on any atom is -0.493 e. The number of hydrogen-bond acceptors (Lipinski definition) is 7. The topological polar surface area (TPSA) is 114 Å². The van der Waals surface area contributed by atoms with Gasteiger partial charge in [-0.25, -0.2) is 18.4 Å². The van der Waals surface area contributed by atoms with Gasteiger partial charge >= 0.3 is 5.97 Å². The number of methoxy groups -OCH3 is 1. The predicted octanol–water partition coefficient (Wildman–Crippen LogP) is 2.38. The summed E-state index contributed by atoms with van der Waals surface area (Å²) in [5.41, 5.74) is 0.758. The van der Waals surface area contributed by atoms with Gasteiger partial charge in [0, 0.05) is 6.08 Å². The first-order chi connectivity index (χ1) is 13.8. The molecule has 29 heavy (non-hydrogen) atoms. The van der Waals surface area contributed by atoms with Crippen molar-refractivity contribution in [3.8, 4) is 17.2 Å². The molecule has 0 aromatic heterocycles. The van der Waals surface area contributed by atoms with Gasteiger partial charge in [-0.15, -0.1) is 0 Å². The van der Waals surface area contributed by atoms with Crippen LogP contribution in [0.25, 0.3) is 6.08 Å². The molecule has 0 bridgehead atoms. The molecule has 0 spiro atoms. The van der Waals surface area contributed by atoms with Crippen molar-refractivity contribution >= 4 is 22.1 Å². The fourth-order valence-electron chi connectivity index (χ4n) is 2.30. The van der Waals surface area contributed by atoms with Crippen LogP contribution in [0.2, 0.25) is 0 Å². The summed E-state index contributed by atoms with van der Waals surface area (Å²) in [6.45, 7) is 2.56. The predicted molar refractivity (Wildman–Crippen MR) is 107 cm³/mol. The van der Waals surface area contributed by atoms with Gasteiger partial charge in [0.25, 0.3) is 0 Å². The van der Waals surface area contributed by atoms with Gasteiger partial charge in [0.15, 0.2) is 11.5 Å². The fraction of sp³-hybridized carbons (Fsp3) is 0.250. The molecule has 2 aromatic rings. The van der Waals surface area contributed by atoms with Crippen LogP contribution in [0.5, 0.6) is 17.2 Å². The second-order valence-corrected chi connectivity index (χ2v) is 7.27. The molecule has 0 aliphatic heterocycles. The molecule has 2 aromatic carbocycles. The van der Waals surface area contributed by atoms with Gasteiger partial charge in [0.1, 0.15) is 19.0 Å². The van der Waals surface area contributed by atoms with Crippen LogP contribution < -0.4 is 19.3 Å². The molecule has 0 saturated heterocycles. The molecular weight excluding hydrogens is 398 g/mol. The molecule has 2 N–H and O–H groups in total. The number of benzene rings is 2. The smallest absolute Gasteiger partial charge is 0.330 e. The molecule has 0 aliphatic carbocycles. The van der Waals surface area contributed by atoms with E-state index in [0.717, 1.165) is 5.56 Å². The van der Waals surface area contributed by atoms with Gasteiger partial charge in [-0.05, 0) is 55.0 Å². The first-order valence-electron chi connectivity index (χ1n) is 8.75. The highest BCUT2D eigenvalue weighted by molar-refractivity contribution is 7.89. The maximum atomic E-state index is 11.8. The van der Waals surface area contributed by atoms with Crippen LogP contribution in [0.1, 0.15) is 12.5 Å². The van der Waals surface area contributed by atoms with Crippen molar-refractivity contribution < 1.29 is 32.2 Å². The molecule has 0 aliphatic rings. The lowest BCUT2D eigenvalue weighted by molar-refractivity contribution is -0.138. The SMILES string of the molecule is CCOc1ccc(/C=C/C(=O)OCCOc2ccc(S(N)(=O)=O)cc2)cc1OC. The summed E-state index contributed by atoms with van der Waals surface area (Å²) in [5, 5.41) is 5.02. The average Bonchev–Trinajstić information content (AvgIpc) is 2.70. The summed E-state index contributed by atoms with van der Waals surface area (Å²) in [4.78, 5) is 11.8. The Kier molecular flexibility index (Phi) is 8.05. The summed E-state index contributed by atoms with van der Waals surface area (Å²) >= 11 is 0. The fourth-order valence-corrected chi connectivity index (χ4v) is 2.82. The third kappa shape index (κ3) is 7.13. The van der Waals surface area contributed by atoms with E-state index < -0.39 is 16.0 Å². The second-order valence-electron chi connectivity index (χ2n) is 5.71. The van der Waals surface area contributed by atoms with Crippen LogP contribution >= 0.6 is 0 Å². The number of esters is 1. The van der Waals surface area contributed by atoms with Gasteiger partial charge in [-0.3, -0.25) is 0 Å². The molecule has 0 amide bonds. The summed E-state index contributed by atoms with van der Waals surface area (Å²) in [7, 11) is -2.20. The van der Waals surface area contributed by atoms with Crippen molar-refractivity contribution in [2.45, 2.75) is 11.8 Å². The maximum absolute atomic E-state index is 11.8. The minimum absolute atomic E-state index is 0.00710. The summed E-state index contributed by atoms with van der Waals surface area (Å²) in [6.07, 6.45) is 2.91. The molecule has 0 unspecified atom stereocenters. The van der Waals surface area contributed by atoms with E-state index in [9.17, 15) is 13.2 Å². The van der Waals surface area contributed by atoms with Gasteiger partial charge in [-0.2, -0.15) is 0 Å². The Balaban J connectivity index is 1.79. The molecule has 0 atom stereocenters. The largest absolute Gasteiger partial charge is 0.493 e. The Morgan fingerprint density at radius 2 is 1.76 bits per heavy atom. The van der Waals surface area contributed by atoms with E-state index in [1.807, 2.05) is 6.92 Å². The van der Waals surface area contributed by atoms with Crippen molar-refractivity contribution in [1.82, 2.24) is 0 Å². The van der Waals surface area contributed by atoms with Gasteiger partial charge in [-0.1, -0.05) is 6.07 Å². The molecule has 0 fully saturated rings. The van der Waals surface area contributed by atoms with E-state index in [1.54, 1.807) is 31.4 Å². The number of hydrogen-bond donors (Lipinski definition) is 1. The highest BCUT2D eigenvalue weighted by atomic mass is 32.2. The van der Waals surface area contributed by atoms with Crippen molar-refractivity contribution in [3.05, 3.63) is 54.1 Å². The van der Waals surface area contributed by atoms with E-state index in [-0.39, 0.29) is 18.1 Å².